The Hall–Kier alpha value is -5.43. The van der Waals surface area contributed by atoms with Crippen molar-refractivity contribution in [1.82, 2.24) is 35.5 Å². The Bertz CT molecular complexity index is 1940. The molecule has 3 amide bonds. The van der Waals surface area contributed by atoms with Gasteiger partial charge in [-0.15, -0.1) is 10.2 Å². The van der Waals surface area contributed by atoms with Gasteiger partial charge < -0.3 is 20.4 Å². The van der Waals surface area contributed by atoms with Crippen molar-refractivity contribution < 1.29 is 19.1 Å². The third-order valence-electron chi connectivity index (χ3n) is 9.09. The van der Waals surface area contributed by atoms with Crippen molar-refractivity contribution in [2.75, 3.05) is 11.4 Å². The second kappa shape index (κ2) is 14.6. The standard InChI is InChI=1S/C37H43N9O4/c1-37(2,3)50-36(49)39-21-24-7-11-27(12-8-24)34(47)46(29-16-13-26(14-17-29)33-41-43-44-42-33)35(48)30(38)19-23-5-9-25(10-6-23)28-15-18-31-32(20-28)45(4)22-40-31/h5-6,9-10,13-18,20,22,24,27,30H,7-8,11-12,19,21,38H2,1-4H3,(H,39,49)(H,41,42,43,44)/t24-,27-,30-/m0/s1. The highest BCUT2D eigenvalue weighted by Gasteiger charge is 2.35. The van der Waals surface area contributed by atoms with E-state index in [1.807, 2.05) is 68.8 Å². The molecule has 6 rings (SSSR count). The summed E-state index contributed by atoms with van der Waals surface area (Å²) in [4.78, 5) is 46.0. The summed E-state index contributed by atoms with van der Waals surface area (Å²) in [6, 6.07) is 20.1. The second-order valence-corrected chi connectivity index (χ2v) is 14.0. The number of imide groups is 1. The number of H-pyrrole nitrogens is 1. The molecule has 50 heavy (non-hydrogen) atoms. The van der Waals surface area contributed by atoms with Crippen molar-refractivity contribution in [3.05, 3.63) is 78.6 Å². The molecule has 260 valence electrons. The maximum absolute atomic E-state index is 14.2. The number of hydrogen-bond acceptors (Lipinski definition) is 9. The summed E-state index contributed by atoms with van der Waals surface area (Å²) < 4.78 is 7.34. The average Bonchev–Trinajstić information content (AvgIpc) is 3.78. The van der Waals surface area contributed by atoms with Crippen molar-refractivity contribution in [2.24, 2.45) is 24.6 Å². The Morgan fingerprint density at radius 3 is 2.32 bits per heavy atom. The van der Waals surface area contributed by atoms with E-state index in [1.54, 1.807) is 30.6 Å². The second-order valence-electron chi connectivity index (χ2n) is 14.0. The van der Waals surface area contributed by atoms with Crippen molar-refractivity contribution in [2.45, 2.75) is 64.5 Å². The van der Waals surface area contributed by atoms with Crippen LogP contribution >= 0.6 is 0 Å². The highest BCUT2D eigenvalue weighted by molar-refractivity contribution is 6.17. The van der Waals surface area contributed by atoms with Crippen molar-refractivity contribution >= 4 is 34.6 Å². The normalized spacial score (nSPS) is 16.9. The quantitative estimate of drug-likeness (QED) is 0.190. The molecule has 13 heteroatoms. The van der Waals surface area contributed by atoms with Crippen molar-refractivity contribution in [1.29, 1.82) is 0 Å². The number of fused-ring (bicyclic) bond motifs is 1. The van der Waals surface area contributed by atoms with Crippen LogP contribution in [0.1, 0.15) is 52.0 Å². The van der Waals surface area contributed by atoms with E-state index in [4.69, 9.17) is 10.5 Å². The minimum absolute atomic E-state index is 0.209. The van der Waals surface area contributed by atoms with Crippen LogP contribution in [0.3, 0.4) is 0 Å². The van der Waals surface area contributed by atoms with Gasteiger partial charge in [0.25, 0.3) is 5.91 Å². The molecule has 1 atom stereocenters. The number of ether oxygens (including phenoxy) is 1. The summed E-state index contributed by atoms with van der Waals surface area (Å²) in [5.41, 5.74) is 12.1. The van der Waals surface area contributed by atoms with E-state index in [0.717, 1.165) is 40.6 Å². The number of nitrogens with two attached hydrogens (primary N) is 1. The third-order valence-corrected chi connectivity index (χ3v) is 9.09. The first kappa shape index (κ1) is 34.4. The number of aryl methyl sites for hydroxylation is 1. The van der Waals surface area contributed by atoms with Gasteiger partial charge in [-0.25, -0.2) is 14.7 Å². The summed E-state index contributed by atoms with van der Waals surface area (Å²) in [6.45, 7) is 5.94. The number of alkyl carbamates (subject to hydrolysis) is 1. The van der Waals surface area contributed by atoms with Gasteiger partial charge in [0.2, 0.25) is 11.7 Å². The molecule has 13 nitrogen and oxygen atoms in total. The third kappa shape index (κ3) is 8.05. The molecule has 2 heterocycles. The van der Waals surface area contributed by atoms with Gasteiger partial charge in [0.15, 0.2) is 0 Å². The zero-order chi connectivity index (χ0) is 35.4. The summed E-state index contributed by atoms with van der Waals surface area (Å²) in [5.74, 6) is -0.503. The van der Waals surface area contributed by atoms with Crippen molar-refractivity contribution in [3.8, 4) is 22.5 Å². The van der Waals surface area contributed by atoms with E-state index >= 15 is 0 Å². The van der Waals surface area contributed by atoms with E-state index in [-0.39, 0.29) is 24.2 Å². The van der Waals surface area contributed by atoms with Gasteiger partial charge in [0.05, 0.1) is 29.1 Å². The van der Waals surface area contributed by atoms with Gasteiger partial charge in [0, 0.05) is 25.1 Å². The highest BCUT2D eigenvalue weighted by atomic mass is 16.6. The SMILES string of the molecule is Cn1cnc2ccc(-c3ccc(C[C@H](N)C(=O)N(c4ccc(-c5nn[nH]n5)cc4)C(=O)[C@H]4CC[C@H](CNC(=O)OC(C)(C)C)CC4)cc3)cc21. The lowest BCUT2D eigenvalue weighted by atomic mass is 9.81. The zero-order valence-electron chi connectivity index (χ0n) is 28.8. The first-order valence-electron chi connectivity index (χ1n) is 16.9. The maximum Gasteiger partial charge on any atom is 0.407 e. The lowest BCUT2D eigenvalue weighted by Gasteiger charge is -2.32. The molecule has 0 unspecified atom stereocenters. The lowest BCUT2D eigenvalue weighted by Crippen LogP contribution is -2.50. The average molecular weight is 678 g/mol. The van der Waals surface area contributed by atoms with E-state index in [2.05, 4.69) is 37.0 Å². The molecule has 0 bridgehead atoms. The summed E-state index contributed by atoms with van der Waals surface area (Å²) >= 11 is 0. The Morgan fingerprint density at radius 2 is 1.66 bits per heavy atom. The molecule has 0 saturated heterocycles. The number of nitrogens with zero attached hydrogens (tertiary/aromatic N) is 6. The molecule has 0 aliphatic heterocycles. The molecular formula is C37H43N9O4. The van der Waals surface area contributed by atoms with Crippen LogP contribution in [0.25, 0.3) is 33.5 Å². The largest absolute Gasteiger partial charge is 0.444 e. The number of aromatic amines is 1. The van der Waals surface area contributed by atoms with Gasteiger partial charge in [0.1, 0.15) is 5.60 Å². The van der Waals surface area contributed by atoms with Gasteiger partial charge in [-0.3, -0.25) is 9.59 Å². The van der Waals surface area contributed by atoms with E-state index < -0.39 is 23.6 Å². The fourth-order valence-corrected chi connectivity index (χ4v) is 6.39. The van der Waals surface area contributed by atoms with Crippen LogP contribution < -0.4 is 16.0 Å². The number of tetrazole rings is 1. The Kier molecular flexibility index (Phi) is 10.0. The molecule has 2 aromatic heterocycles. The number of aromatic nitrogens is 6. The van der Waals surface area contributed by atoms with Crippen LogP contribution in [0.5, 0.6) is 0 Å². The zero-order valence-corrected chi connectivity index (χ0v) is 28.8. The molecule has 1 aliphatic rings. The van der Waals surface area contributed by atoms with Crippen LogP contribution in [0.4, 0.5) is 10.5 Å². The highest BCUT2D eigenvalue weighted by Crippen LogP contribution is 2.32. The van der Waals surface area contributed by atoms with Crippen LogP contribution in [-0.2, 0) is 27.8 Å². The first-order chi connectivity index (χ1) is 23.9. The van der Waals surface area contributed by atoms with Crippen LogP contribution in [0.15, 0.2) is 73.1 Å². The summed E-state index contributed by atoms with van der Waals surface area (Å²) in [5, 5.41) is 16.9. The predicted octanol–water partition coefficient (Wildman–Crippen LogP) is 5.18. The predicted molar refractivity (Wildman–Crippen MR) is 190 cm³/mol. The van der Waals surface area contributed by atoms with Crippen molar-refractivity contribution in [3.63, 3.8) is 0 Å². The Morgan fingerprint density at radius 1 is 0.980 bits per heavy atom. The van der Waals surface area contributed by atoms with Crippen LogP contribution in [0, 0.1) is 11.8 Å². The van der Waals surface area contributed by atoms with Gasteiger partial charge in [-0.2, -0.15) is 5.21 Å². The van der Waals surface area contributed by atoms with E-state index in [0.29, 0.717) is 36.5 Å². The maximum atomic E-state index is 14.2. The van der Waals surface area contributed by atoms with E-state index in [1.165, 1.54) is 4.90 Å². The van der Waals surface area contributed by atoms with Gasteiger partial charge in [-0.05, 0) is 117 Å². The molecule has 1 fully saturated rings. The summed E-state index contributed by atoms with van der Waals surface area (Å²) in [6.07, 6.45) is 4.24. The minimum atomic E-state index is -0.957. The van der Waals surface area contributed by atoms with Crippen LogP contribution in [-0.4, -0.2) is 66.3 Å². The molecule has 0 spiro atoms. The first-order valence-corrected chi connectivity index (χ1v) is 16.9. The van der Waals surface area contributed by atoms with E-state index in [9.17, 15) is 14.4 Å². The molecule has 3 aromatic carbocycles. The minimum Gasteiger partial charge on any atom is -0.444 e. The number of rotatable bonds is 9. The summed E-state index contributed by atoms with van der Waals surface area (Å²) in [7, 11) is 1.97. The number of amides is 3. The molecule has 4 N–H and O–H groups in total. The smallest absolute Gasteiger partial charge is 0.407 e. The fraction of sp³-hybridized carbons (Fsp3) is 0.378. The number of hydrogen-bond donors (Lipinski definition) is 3. The number of nitrogens with one attached hydrogen (secondary N) is 2. The number of anilines is 1. The molecule has 5 aromatic rings. The number of benzene rings is 3. The molecule has 1 aliphatic carbocycles. The monoisotopic (exact) mass is 677 g/mol. The molecular weight excluding hydrogens is 634 g/mol. The van der Waals surface area contributed by atoms with Gasteiger partial charge >= 0.3 is 6.09 Å². The fourth-order valence-electron chi connectivity index (χ4n) is 6.39. The topological polar surface area (TPSA) is 174 Å². The molecule has 1 saturated carbocycles. The number of imidazole rings is 1. The molecule has 0 radical (unpaired) electrons. The number of carbonyl (C=O) groups excluding carboxylic acids is 3. The Labute approximate surface area is 290 Å². The van der Waals surface area contributed by atoms with Gasteiger partial charge in [-0.1, -0.05) is 30.3 Å². The Balaban J connectivity index is 1.15. The lowest BCUT2D eigenvalue weighted by molar-refractivity contribution is -0.130. The number of carbonyl (C=O) groups is 3. The van der Waals surface area contributed by atoms with Crippen LogP contribution in [0.2, 0.25) is 0 Å².